The highest BCUT2D eigenvalue weighted by Crippen LogP contribution is 2.24. The number of hydrogen-bond acceptors (Lipinski definition) is 3. The second-order valence-corrected chi connectivity index (χ2v) is 5.88. The molecule has 5 heteroatoms. The Labute approximate surface area is 125 Å². The molecular formula is C16H23FN2O2. The largest absolute Gasteiger partial charge is 0.507 e. The van der Waals surface area contributed by atoms with E-state index in [0.29, 0.717) is 12.5 Å². The van der Waals surface area contributed by atoms with Crippen LogP contribution in [0.2, 0.25) is 0 Å². The summed E-state index contributed by atoms with van der Waals surface area (Å²) in [7, 11) is 0. The van der Waals surface area contributed by atoms with Crippen LogP contribution in [0.25, 0.3) is 0 Å². The number of halogens is 1. The van der Waals surface area contributed by atoms with Gasteiger partial charge in [-0.2, -0.15) is 0 Å². The van der Waals surface area contributed by atoms with Gasteiger partial charge in [0.2, 0.25) is 0 Å². The third-order valence-corrected chi connectivity index (χ3v) is 4.00. The summed E-state index contributed by atoms with van der Waals surface area (Å²) in [6, 6.07) is 3.91. The number of amides is 1. The van der Waals surface area contributed by atoms with Crippen LogP contribution in [-0.2, 0) is 0 Å². The summed E-state index contributed by atoms with van der Waals surface area (Å²) < 4.78 is 13.9. The first-order chi connectivity index (χ1) is 10.0. The van der Waals surface area contributed by atoms with Crippen LogP contribution in [0.5, 0.6) is 5.75 Å². The lowest BCUT2D eigenvalue weighted by atomic mass is 9.96. The van der Waals surface area contributed by atoms with Gasteiger partial charge < -0.3 is 15.3 Å². The lowest BCUT2D eigenvalue weighted by Crippen LogP contribution is -2.43. The Bertz CT molecular complexity index is 479. The van der Waals surface area contributed by atoms with Crippen molar-refractivity contribution in [1.29, 1.82) is 0 Å². The van der Waals surface area contributed by atoms with Gasteiger partial charge in [0, 0.05) is 12.6 Å². The predicted octanol–water partition coefficient (Wildman–Crippen LogP) is 2.38. The number of hydrogen-bond donors (Lipinski definition) is 2. The Morgan fingerprint density at radius 3 is 2.67 bits per heavy atom. The SMILES string of the molecule is CC(C)N(CC1CCNCC1)C(=O)c1c(O)cccc1F. The van der Waals surface area contributed by atoms with Gasteiger partial charge in [-0.1, -0.05) is 6.07 Å². The van der Waals surface area contributed by atoms with Crippen LogP contribution in [0.3, 0.4) is 0 Å². The first kappa shape index (κ1) is 15.8. The molecule has 0 aromatic heterocycles. The molecular weight excluding hydrogens is 271 g/mol. The highest BCUT2D eigenvalue weighted by atomic mass is 19.1. The minimum atomic E-state index is -0.670. The van der Waals surface area contributed by atoms with E-state index in [2.05, 4.69) is 5.32 Å². The van der Waals surface area contributed by atoms with E-state index >= 15 is 0 Å². The van der Waals surface area contributed by atoms with Crippen molar-refractivity contribution < 1.29 is 14.3 Å². The van der Waals surface area contributed by atoms with Crippen molar-refractivity contribution >= 4 is 5.91 Å². The molecule has 1 aliphatic rings. The minimum Gasteiger partial charge on any atom is -0.507 e. The monoisotopic (exact) mass is 294 g/mol. The number of carbonyl (C=O) groups excluding carboxylic acids is 1. The summed E-state index contributed by atoms with van der Waals surface area (Å²) in [4.78, 5) is 14.3. The molecule has 1 heterocycles. The highest BCUT2D eigenvalue weighted by molar-refractivity contribution is 5.97. The molecule has 0 spiro atoms. The Balaban J connectivity index is 2.19. The molecule has 21 heavy (non-hydrogen) atoms. The predicted molar refractivity (Wildman–Crippen MR) is 79.8 cm³/mol. The number of phenolic OH excluding ortho intramolecular Hbond substituents is 1. The molecule has 2 N–H and O–H groups in total. The molecule has 0 bridgehead atoms. The number of phenols is 1. The third kappa shape index (κ3) is 3.73. The zero-order valence-corrected chi connectivity index (χ0v) is 12.6. The number of nitrogens with zero attached hydrogens (tertiary/aromatic N) is 1. The first-order valence-corrected chi connectivity index (χ1v) is 7.50. The molecule has 0 atom stereocenters. The van der Waals surface area contributed by atoms with Crippen molar-refractivity contribution in [3.05, 3.63) is 29.6 Å². The van der Waals surface area contributed by atoms with Gasteiger partial charge in [-0.25, -0.2) is 4.39 Å². The maximum Gasteiger partial charge on any atom is 0.260 e. The van der Waals surface area contributed by atoms with Crippen LogP contribution in [0.1, 0.15) is 37.0 Å². The van der Waals surface area contributed by atoms with Gasteiger partial charge in [0.05, 0.1) is 0 Å². The van der Waals surface area contributed by atoms with E-state index < -0.39 is 11.7 Å². The molecule has 116 valence electrons. The number of carbonyl (C=O) groups is 1. The zero-order chi connectivity index (χ0) is 15.4. The van der Waals surface area contributed by atoms with Crippen molar-refractivity contribution in [1.82, 2.24) is 10.2 Å². The van der Waals surface area contributed by atoms with Crippen LogP contribution in [0.15, 0.2) is 18.2 Å². The summed E-state index contributed by atoms with van der Waals surface area (Å²) in [6.07, 6.45) is 2.03. The van der Waals surface area contributed by atoms with Gasteiger partial charge >= 0.3 is 0 Å². The van der Waals surface area contributed by atoms with E-state index in [4.69, 9.17) is 0 Å². The minimum absolute atomic E-state index is 0.0357. The average molecular weight is 294 g/mol. The van der Waals surface area contributed by atoms with Crippen molar-refractivity contribution in [2.24, 2.45) is 5.92 Å². The molecule has 0 radical (unpaired) electrons. The summed E-state index contributed by atoms with van der Waals surface area (Å²) >= 11 is 0. The van der Waals surface area contributed by atoms with Crippen molar-refractivity contribution in [2.45, 2.75) is 32.7 Å². The van der Waals surface area contributed by atoms with Crippen LogP contribution in [0, 0.1) is 11.7 Å². The summed E-state index contributed by atoms with van der Waals surface area (Å²) in [5, 5.41) is 13.1. The molecule has 1 fully saturated rings. The molecule has 1 aromatic carbocycles. The van der Waals surface area contributed by atoms with Gasteiger partial charge in [0.25, 0.3) is 5.91 Å². The van der Waals surface area contributed by atoms with Crippen molar-refractivity contribution in [2.75, 3.05) is 19.6 Å². The Hall–Kier alpha value is -1.62. The van der Waals surface area contributed by atoms with Crippen molar-refractivity contribution in [3.8, 4) is 5.75 Å². The second kappa shape index (κ2) is 6.89. The average Bonchev–Trinajstić information content (AvgIpc) is 2.45. The fourth-order valence-electron chi connectivity index (χ4n) is 2.74. The van der Waals surface area contributed by atoms with Gasteiger partial charge in [-0.15, -0.1) is 0 Å². The molecule has 2 rings (SSSR count). The quantitative estimate of drug-likeness (QED) is 0.896. The molecule has 1 saturated heterocycles. The lowest BCUT2D eigenvalue weighted by molar-refractivity contribution is 0.0650. The second-order valence-electron chi connectivity index (χ2n) is 5.88. The van der Waals surface area contributed by atoms with E-state index in [-0.39, 0.29) is 17.4 Å². The topological polar surface area (TPSA) is 52.6 Å². The number of aromatic hydroxyl groups is 1. The highest BCUT2D eigenvalue weighted by Gasteiger charge is 2.27. The Morgan fingerprint density at radius 2 is 2.10 bits per heavy atom. The molecule has 0 aliphatic carbocycles. The van der Waals surface area contributed by atoms with Crippen molar-refractivity contribution in [3.63, 3.8) is 0 Å². The summed E-state index contributed by atoms with van der Waals surface area (Å²) in [6.45, 7) is 6.34. The fourth-order valence-corrected chi connectivity index (χ4v) is 2.74. The van der Waals surface area contributed by atoms with Crippen LogP contribution in [0.4, 0.5) is 4.39 Å². The van der Waals surface area contributed by atoms with E-state index in [1.165, 1.54) is 18.2 Å². The molecule has 1 aliphatic heterocycles. The van der Waals surface area contributed by atoms with Crippen LogP contribution < -0.4 is 5.32 Å². The first-order valence-electron chi connectivity index (χ1n) is 7.50. The standard InChI is InChI=1S/C16H23FN2O2/c1-11(2)19(10-12-6-8-18-9-7-12)16(21)15-13(17)4-3-5-14(15)20/h3-5,11-12,18,20H,6-10H2,1-2H3. The van der Waals surface area contributed by atoms with Crippen LogP contribution in [-0.4, -0.2) is 41.6 Å². The molecule has 0 saturated carbocycles. The lowest BCUT2D eigenvalue weighted by Gasteiger charge is -2.33. The smallest absolute Gasteiger partial charge is 0.260 e. The molecule has 1 aromatic rings. The van der Waals surface area contributed by atoms with Gasteiger partial charge in [-0.05, 0) is 57.8 Å². The van der Waals surface area contributed by atoms with E-state index in [1.807, 2.05) is 13.8 Å². The Morgan fingerprint density at radius 1 is 1.43 bits per heavy atom. The fraction of sp³-hybridized carbons (Fsp3) is 0.562. The number of nitrogens with one attached hydrogen (secondary N) is 1. The van der Waals surface area contributed by atoms with E-state index in [1.54, 1.807) is 4.90 Å². The van der Waals surface area contributed by atoms with Crippen LogP contribution >= 0.6 is 0 Å². The summed E-state index contributed by atoms with van der Waals surface area (Å²) in [5.74, 6) is -0.974. The maximum atomic E-state index is 13.9. The number of benzene rings is 1. The maximum absolute atomic E-state index is 13.9. The number of piperidine rings is 1. The third-order valence-electron chi connectivity index (χ3n) is 4.00. The van der Waals surface area contributed by atoms with E-state index in [0.717, 1.165) is 25.9 Å². The summed E-state index contributed by atoms with van der Waals surface area (Å²) in [5.41, 5.74) is -0.222. The van der Waals surface area contributed by atoms with Gasteiger partial charge in [0.15, 0.2) is 0 Å². The zero-order valence-electron chi connectivity index (χ0n) is 12.6. The van der Waals surface area contributed by atoms with Gasteiger partial charge in [-0.3, -0.25) is 4.79 Å². The molecule has 4 nitrogen and oxygen atoms in total. The van der Waals surface area contributed by atoms with Gasteiger partial charge in [0.1, 0.15) is 17.1 Å². The molecule has 0 unspecified atom stereocenters. The Kier molecular flexibility index (Phi) is 5.17. The normalized spacial score (nSPS) is 16.2. The number of rotatable bonds is 4. The van der Waals surface area contributed by atoms with E-state index in [9.17, 15) is 14.3 Å². The molecule has 1 amide bonds.